The van der Waals surface area contributed by atoms with Crippen LogP contribution in [0.3, 0.4) is 0 Å². The molecule has 7 nitrogen and oxygen atoms in total. The number of benzene rings is 2. The Bertz CT molecular complexity index is 948. The Balaban J connectivity index is 1.59. The number of hydrogen-bond donors (Lipinski definition) is 2. The number of nitrogens with one attached hydrogen (secondary N) is 2. The first-order chi connectivity index (χ1) is 13.0. The predicted octanol–water partition coefficient (Wildman–Crippen LogP) is 3.43. The number of para-hydroxylation sites is 1. The first-order valence-electron chi connectivity index (χ1n) is 8.41. The Morgan fingerprint density at radius 3 is 2.63 bits per heavy atom. The van der Waals surface area contributed by atoms with Gasteiger partial charge in [-0.15, -0.1) is 0 Å². The van der Waals surface area contributed by atoms with Crippen LogP contribution in [-0.4, -0.2) is 29.9 Å². The van der Waals surface area contributed by atoms with Gasteiger partial charge in [0.05, 0.1) is 12.8 Å². The van der Waals surface area contributed by atoms with Gasteiger partial charge in [0.2, 0.25) is 5.91 Å². The van der Waals surface area contributed by atoms with Crippen molar-refractivity contribution >= 4 is 46.7 Å². The summed E-state index contributed by atoms with van der Waals surface area (Å²) in [6, 6.07) is 14.3. The van der Waals surface area contributed by atoms with Gasteiger partial charge >= 0.3 is 6.09 Å². The number of hydrogen-bond acceptors (Lipinski definition) is 5. The van der Waals surface area contributed by atoms with E-state index in [4.69, 9.17) is 0 Å². The molecule has 0 bridgehead atoms. The molecule has 2 aromatic carbocycles. The average molecular weight is 383 g/mol. The summed E-state index contributed by atoms with van der Waals surface area (Å²) in [5.41, 5.74) is 1.80. The second kappa shape index (κ2) is 6.62. The van der Waals surface area contributed by atoms with E-state index in [9.17, 15) is 14.4 Å². The van der Waals surface area contributed by atoms with Gasteiger partial charge in [0, 0.05) is 22.7 Å². The molecule has 0 spiro atoms. The molecule has 0 saturated carbocycles. The second-order valence-corrected chi connectivity index (χ2v) is 7.55. The summed E-state index contributed by atoms with van der Waals surface area (Å²) < 4.78 is 4.57. The molecular weight excluding hydrogens is 366 g/mol. The number of carbonyl (C=O) groups is 3. The van der Waals surface area contributed by atoms with Gasteiger partial charge in [-0.2, -0.15) is 0 Å². The highest BCUT2D eigenvalue weighted by atomic mass is 32.2. The van der Waals surface area contributed by atoms with Gasteiger partial charge in [0.15, 0.2) is 4.87 Å². The van der Waals surface area contributed by atoms with Crippen LogP contribution < -0.4 is 15.5 Å². The van der Waals surface area contributed by atoms with Crippen molar-refractivity contribution < 1.29 is 19.1 Å². The Morgan fingerprint density at radius 1 is 1.11 bits per heavy atom. The molecule has 2 aliphatic rings. The minimum absolute atomic E-state index is 0.0521. The number of anilines is 3. The van der Waals surface area contributed by atoms with E-state index in [0.29, 0.717) is 24.2 Å². The van der Waals surface area contributed by atoms with E-state index in [2.05, 4.69) is 15.4 Å². The van der Waals surface area contributed by atoms with E-state index in [1.54, 1.807) is 29.2 Å². The standard InChI is InChI=1S/C19H17N3O4S/c1-26-18(25)21-13-6-4-5-12(11-13)20-17(24)19-10-9-16(23)22(19)14-7-2-3-8-15(14)27-19/h2-8,11H,9-10H2,1H3,(H,20,24)(H,21,25)/t19-/m1/s1. The average Bonchev–Trinajstić information content (AvgIpc) is 3.18. The van der Waals surface area contributed by atoms with Crippen molar-refractivity contribution in [1.82, 2.24) is 0 Å². The summed E-state index contributed by atoms with van der Waals surface area (Å²) in [7, 11) is 1.28. The molecule has 2 N–H and O–H groups in total. The zero-order chi connectivity index (χ0) is 19.0. The van der Waals surface area contributed by atoms with Crippen LogP contribution >= 0.6 is 11.8 Å². The van der Waals surface area contributed by atoms with Gasteiger partial charge in [0.25, 0.3) is 5.91 Å². The smallest absolute Gasteiger partial charge is 0.411 e. The normalized spacial score (nSPS) is 20.0. The van der Waals surface area contributed by atoms with Crippen LogP contribution in [0, 0.1) is 0 Å². The number of fused-ring (bicyclic) bond motifs is 3. The molecule has 0 radical (unpaired) electrons. The van der Waals surface area contributed by atoms with Crippen LogP contribution in [0.15, 0.2) is 53.4 Å². The van der Waals surface area contributed by atoms with Crippen LogP contribution in [0.25, 0.3) is 0 Å². The SMILES string of the molecule is COC(=O)Nc1cccc(NC(=O)[C@]23CCC(=O)N2c2ccccc2S3)c1. The van der Waals surface area contributed by atoms with Gasteiger partial charge in [-0.3, -0.25) is 19.8 Å². The first-order valence-corrected chi connectivity index (χ1v) is 9.23. The summed E-state index contributed by atoms with van der Waals surface area (Å²) in [6.45, 7) is 0. The zero-order valence-electron chi connectivity index (χ0n) is 14.5. The lowest BCUT2D eigenvalue weighted by Gasteiger charge is -2.29. The fourth-order valence-corrected chi connectivity index (χ4v) is 4.78. The van der Waals surface area contributed by atoms with Crippen molar-refractivity contribution in [3.8, 4) is 0 Å². The Labute approximate surface area is 160 Å². The minimum atomic E-state index is -0.980. The number of ether oxygens (including phenoxy) is 1. The third kappa shape index (κ3) is 2.91. The maximum absolute atomic E-state index is 13.2. The topological polar surface area (TPSA) is 87.7 Å². The minimum Gasteiger partial charge on any atom is -0.453 e. The fraction of sp³-hybridized carbons (Fsp3) is 0.211. The highest BCUT2D eigenvalue weighted by Gasteiger charge is 2.57. The van der Waals surface area contributed by atoms with Crippen molar-refractivity contribution in [2.75, 3.05) is 22.6 Å². The largest absolute Gasteiger partial charge is 0.453 e. The molecule has 1 saturated heterocycles. The molecule has 0 aromatic heterocycles. The van der Waals surface area contributed by atoms with E-state index >= 15 is 0 Å². The van der Waals surface area contributed by atoms with Gasteiger partial charge < -0.3 is 10.1 Å². The third-order valence-corrected chi connectivity index (χ3v) is 6.06. The van der Waals surface area contributed by atoms with Crippen LogP contribution in [0.5, 0.6) is 0 Å². The molecule has 2 heterocycles. The predicted molar refractivity (Wildman–Crippen MR) is 103 cm³/mol. The summed E-state index contributed by atoms with van der Waals surface area (Å²) in [6.07, 6.45) is 0.182. The van der Waals surface area contributed by atoms with Crippen LogP contribution in [0.2, 0.25) is 0 Å². The third-order valence-electron chi connectivity index (χ3n) is 4.58. The van der Waals surface area contributed by atoms with E-state index < -0.39 is 11.0 Å². The molecule has 2 aliphatic heterocycles. The van der Waals surface area contributed by atoms with Crippen LogP contribution in [-0.2, 0) is 14.3 Å². The Hall–Kier alpha value is -3.00. The number of carbonyl (C=O) groups excluding carboxylic acids is 3. The highest BCUT2D eigenvalue weighted by Crippen LogP contribution is 2.56. The molecular formula is C19H17N3O4S. The Morgan fingerprint density at radius 2 is 1.85 bits per heavy atom. The first kappa shape index (κ1) is 17.4. The maximum atomic E-state index is 13.2. The molecule has 4 rings (SSSR count). The van der Waals surface area contributed by atoms with Crippen molar-refractivity contribution in [2.24, 2.45) is 0 Å². The molecule has 0 unspecified atom stereocenters. The summed E-state index contributed by atoms with van der Waals surface area (Å²) in [5, 5.41) is 5.45. The number of rotatable bonds is 3. The van der Waals surface area contributed by atoms with Gasteiger partial charge in [0.1, 0.15) is 0 Å². The quantitative estimate of drug-likeness (QED) is 0.848. The second-order valence-electron chi connectivity index (χ2n) is 6.23. The van der Waals surface area contributed by atoms with Crippen molar-refractivity contribution in [3.63, 3.8) is 0 Å². The van der Waals surface area contributed by atoms with E-state index in [1.807, 2.05) is 24.3 Å². The molecule has 2 aromatic rings. The van der Waals surface area contributed by atoms with Gasteiger partial charge in [-0.25, -0.2) is 4.79 Å². The number of amides is 3. The lowest BCUT2D eigenvalue weighted by Crippen LogP contribution is -2.49. The van der Waals surface area contributed by atoms with Crippen LogP contribution in [0.1, 0.15) is 12.8 Å². The monoisotopic (exact) mass is 383 g/mol. The molecule has 0 aliphatic carbocycles. The molecule has 27 heavy (non-hydrogen) atoms. The molecule has 3 amide bonds. The summed E-state index contributed by atoms with van der Waals surface area (Å²) >= 11 is 1.41. The summed E-state index contributed by atoms with van der Waals surface area (Å²) in [5.74, 6) is -0.312. The van der Waals surface area contributed by atoms with E-state index in [-0.39, 0.29) is 11.8 Å². The maximum Gasteiger partial charge on any atom is 0.411 e. The van der Waals surface area contributed by atoms with Crippen molar-refractivity contribution in [3.05, 3.63) is 48.5 Å². The lowest BCUT2D eigenvalue weighted by molar-refractivity contribution is -0.121. The van der Waals surface area contributed by atoms with E-state index in [0.717, 1.165) is 10.6 Å². The molecule has 1 fully saturated rings. The van der Waals surface area contributed by atoms with Gasteiger partial charge in [-0.05, 0) is 36.8 Å². The molecule has 1 atom stereocenters. The van der Waals surface area contributed by atoms with Crippen molar-refractivity contribution in [2.45, 2.75) is 22.6 Å². The van der Waals surface area contributed by atoms with Gasteiger partial charge in [-0.1, -0.05) is 30.0 Å². The number of nitrogens with zero attached hydrogens (tertiary/aromatic N) is 1. The van der Waals surface area contributed by atoms with Crippen LogP contribution in [0.4, 0.5) is 21.9 Å². The molecule has 138 valence electrons. The lowest BCUT2D eigenvalue weighted by atomic mass is 10.1. The van der Waals surface area contributed by atoms with E-state index in [1.165, 1.54) is 18.9 Å². The molecule has 8 heteroatoms. The Kier molecular flexibility index (Phi) is 4.27. The van der Waals surface area contributed by atoms with Crippen molar-refractivity contribution in [1.29, 1.82) is 0 Å². The number of thioether (sulfide) groups is 1. The summed E-state index contributed by atoms with van der Waals surface area (Å²) in [4.78, 5) is 38.6. The zero-order valence-corrected chi connectivity index (χ0v) is 15.3. The number of methoxy groups -OCH3 is 1. The highest BCUT2D eigenvalue weighted by molar-refractivity contribution is 8.02. The fourth-order valence-electron chi connectivity index (χ4n) is 3.37.